The molecule has 5 nitrogen and oxygen atoms in total. The molecule has 0 spiro atoms. The summed E-state index contributed by atoms with van der Waals surface area (Å²) in [4.78, 5) is 0. The molecule has 0 atom stereocenters. The minimum atomic E-state index is 0.615. The topological polar surface area (TPSA) is 49.2 Å². The maximum absolute atomic E-state index is 5.74. The smallest absolute Gasteiger partial charge is 0.191 e. The van der Waals surface area contributed by atoms with Gasteiger partial charge in [-0.15, -0.1) is 16.8 Å². The van der Waals surface area contributed by atoms with Crippen molar-refractivity contribution in [3.63, 3.8) is 0 Å². The molecule has 0 N–H and O–H groups in total. The predicted molar refractivity (Wildman–Crippen MR) is 109 cm³/mol. The molecule has 3 aromatic rings. The van der Waals surface area contributed by atoms with Crippen LogP contribution in [0.25, 0.3) is 0 Å². The van der Waals surface area contributed by atoms with Crippen LogP contribution in [0.15, 0.2) is 72.4 Å². The highest BCUT2D eigenvalue weighted by molar-refractivity contribution is 7.99. The van der Waals surface area contributed by atoms with E-state index >= 15 is 0 Å². The van der Waals surface area contributed by atoms with Crippen molar-refractivity contribution in [3.05, 3.63) is 78.6 Å². The number of para-hydroxylation sites is 1. The number of nitrogens with zero attached hydrogens (tertiary/aromatic N) is 3. The molecule has 27 heavy (non-hydrogen) atoms. The lowest BCUT2D eigenvalue weighted by atomic mass is 10.1. The van der Waals surface area contributed by atoms with E-state index < -0.39 is 0 Å². The summed E-state index contributed by atoms with van der Waals surface area (Å²) in [6, 6.07) is 17.8. The lowest BCUT2D eigenvalue weighted by molar-refractivity contribution is 0.344. The zero-order valence-corrected chi connectivity index (χ0v) is 16.2. The molecule has 0 aliphatic carbocycles. The second-order valence-electron chi connectivity index (χ2n) is 5.83. The normalized spacial score (nSPS) is 10.6. The van der Waals surface area contributed by atoms with Crippen molar-refractivity contribution < 1.29 is 9.47 Å². The lowest BCUT2D eigenvalue weighted by Gasteiger charge is -2.09. The van der Waals surface area contributed by atoms with Crippen LogP contribution in [0.2, 0.25) is 0 Å². The van der Waals surface area contributed by atoms with Crippen LogP contribution >= 0.6 is 11.8 Å². The van der Waals surface area contributed by atoms with Crippen molar-refractivity contribution in [1.29, 1.82) is 0 Å². The summed E-state index contributed by atoms with van der Waals surface area (Å²) in [5.74, 6) is 3.45. The molecule has 0 aliphatic heterocycles. The summed E-state index contributed by atoms with van der Waals surface area (Å²) in [5.41, 5.74) is 1.16. The van der Waals surface area contributed by atoms with Gasteiger partial charge in [-0.25, -0.2) is 0 Å². The first-order valence-corrected chi connectivity index (χ1v) is 9.75. The van der Waals surface area contributed by atoms with Crippen LogP contribution in [-0.4, -0.2) is 34.2 Å². The largest absolute Gasteiger partial charge is 0.497 e. The van der Waals surface area contributed by atoms with Gasteiger partial charge in [0.25, 0.3) is 0 Å². The molecule has 1 heterocycles. The molecule has 0 aliphatic rings. The van der Waals surface area contributed by atoms with Gasteiger partial charge in [-0.2, -0.15) is 0 Å². The number of allylic oxidation sites excluding steroid dienone is 1. The van der Waals surface area contributed by atoms with Gasteiger partial charge in [-0.1, -0.05) is 48.2 Å². The Balaban J connectivity index is 1.60. The Bertz CT molecular complexity index is 848. The molecular weight excluding hydrogens is 358 g/mol. The summed E-state index contributed by atoms with van der Waals surface area (Å²) >= 11 is 1.64. The zero-order chi connectivity index (χ0) is 18.9. The molecule has 0 bridgehead atoms. The fraction of sp³-hybridized carbons (Fsp3) is 0.238. The zero-order valence-electron chi connectivity index (χ0n) is 15.4. The highest BCUT2D eigenvalue weighted by atomic mass is 32.2. The molecule has 140 valence electrons. The maximum Gasteiger partial charge on any atom is 0.191 e. The number of ether oxygens (including phenoxy) is 2. The van der Waals surface area contributed by atoms with Gasteiger partial charge in [0.05, 0.1) is 13.7 Å². The van der Waals surface area contributed by atoms with E-state index in [9.17, 15) is 0 Å². The van der Waals surface area contributed by atoms with E-state index in [1.807, 2.05) is 60.7 Å². The van der Waals surface area contributed by atoms with Gasteiger partial charge in [0, 0.05) is 18.7 Å². The second-order valence-corrected chi connectivity index (χ2v) is 6.89. The predicted octanol–water partition coefficient (Wildman–Crippen LogP) is 4.23. The molecule has 6 heteroatoms. The highest BCUT2D eigenvalue weighted by Crippen LogP contribution is 2.20. The van der Waals surface area contributed by atoms with Gasteiger partial charge in [-0.05, 0) is 29.8 Å². The Labute approximate surface area is 164 Å². The second kappa shape index (κ2) is 9.83. The van der Waals surface area contributed by atoms with Crippen molar-refractivity contribution in [2.75, 3.05) is 19.5 Å². The number of aromatic nitrogens is 3. The van der Waals surface area contributed by atoms with Gasteiger partial charge >= 0.3 is 0 Å². The van der Waals surface area contributed by atoms with Crippen LogP contribution in [-0.2, 0) is 13.0 Å². The van der Waals surface area contributed by atoms with Crippen molar-refractivity contribution in [1.82, 2.24) is 14.8 Å². The summed E-state index contributed by atoms with van der Waals surface area (Å²) in [5, 5.41) is 9.62. The van der Waals surface area contributed by atoms with Crippen molar-refractivity contribution in [2.24, 2.45) is 0 Å². The van der Waals surface area contributed by atoms with Gasteiger partial charge in [0.2, 0.25) is 0 Å². The van der Waals surface area contributed by atoms with Crippen LogP contribution in [0.4, 0.5) is 0 Å². The van der Waals surface area contributed by atoms with Crippen LogP contribution in [0, 0.1) is 0 Å². The summed E-state index contributed by atoms with van der Waals surface area (Å²) < 4.78 is 13.1. The fourth-order valence-corrected chi connectivity index (χ4v) is 3.39. The quantitative estimate of drug-likeness (QED) is 0.299. The first kappa shape index (κ1) is 19.0. The SMILES string of the molecule is C=CCn1c(Cc2ccc(OC)cc2)nnc1SCCOc1ccccc1. The average molecular weight is 382 g/mol. The van der Waals surface area contributed by atoms with Crippen LogP contribution < -0.4 is 9.47 Å². The Morgan fingerprint density at radius 3 is 2.52 bits per heavy atom. The standard InChI is InChI=1S/C21H23N3O2S/c1-3-13-24-20(16-17-9-11-18(25-2)12-10-17)22-23-21(24)27-15-14-26-19-7-5-4-6-8-19/h3-12H,1,13-16H2,2H3. The van der Waals surface area contributed by atoms with E-state index in [4.69, 9.17) is 9.47 Å². The molecular formula is C21H23N3O2S. The Morgan fingerprint density at radius 2 is 1.81 bits per heavy atom. The third kappa shape index (κ3) is 5.37. The summed E-state index contributed by atoms with van der Waals surface area (Å²) in [6.45, 7) is 5.15. The molecule has 0 unspecified atom stereocenters. The average Bonchev–Trinajstić information content (AvgIpc) is 3.08. The minimum Gasteiger partial charge on any atom is -0.497 e. The molecule has 0 saturated heterocycles. The van der Waals surface area contributed by atoms with Gasteiger partial charge in [0.1, 0.15) is 17.3 Å². The Hall–Kier alpha value is -2.73. The van der Waals surface area contributed by atoms with Gasteiger partial charge in [-0.3, -0.25) is 0 Å². The van der Waals surface area contributed by atoms with Crippen molar-refractivity contribution >= 4 is 11.8 Å². The highest BCUT2D eigenvalue weighted by Gasteiger charge is 2.12. The summed E-state index contributed by atoms with van der Waals surface area (Å²) in [6.07, 6.45) is 2.58. The minimum absolute atomic E-state index is 0.615. The Kier molecular flexibility index (Phi) is 6.93. The molecule has 2 aromatic carbocycles. The van der Waals surface area contributed by atoms with Crippen molar-refractivity contribution in [3.8, 4) is 11.5 Å². The number of rotatable bonds is 10. The molecule has 0 radical (unpaired) electrons. The Morgan fingerprint density at radius 1 is 1.04 bits per heavy atom. The molecule has 0 saturated carbocycles. The number of benzene rings is 2. The van der Waals surface area contributed by atoms with E-state index in [0.717, 1.165) is 33.8 Å². The molecule has 1 aromatic heterocycles. The van der Waals surface area contributed by atoms with Gasteiger partial charge < -0.3 is 14.0 Å². The van der Waals surface area contributed by atoms with Crippen LogP contribution in [0.5, 0.6) is 11.5 Å². The fourth-order valence-electron chi connectivity index (χ4n) is 2.60. The van der Waals surface area contributed by atoms with E-state index in [1.165, 1.54) is 0 Å². The number of methoxy groups -OCH3 is 1. The molecule has 0 amide bonds. The molecule has 3 rings (SSSR count). The van der Waals surface area contributed by atoms with Crippen molar-refractivity contribution in [2.45, 2.75) is 18.1 Å². The van der Waals surface area contributed by atoms with E-state index in [1.54, 1.807) is 18.9 Å². The van der Waals surface area contributed by atoms with Gasteiger partial charge in [0.15, 0.2) is 5.16 Å². The van der Waals surface area contributed by atoms with E-state index in [0.29, 0.717) is 19.6 Å². The number of thioether (sulfide) groups is 1. The maximum atomic E-state index is 5.74. The first-order chi connectivity index (χ1) is 13.3. The van der Waals surface area contributed by atoms with Crippen LogP contribution in [0.3, 0.4) is 0 Å². The van der Waals surface area contributed by atoms with Crippen LogP contribution in [0.1, 0.15) is 11.4 Å². The first-order valence-electron chi connectivity index (χ1n) is 8.76. The monoisotopic (exact) mass is 381 g/mol. The summed E-state index contributed by atoms with van der Waals surface area (Å²) in [7, 11) is 1.67. The van der Waals surface area contributed by atoms with E-state index in [2.05, 4.69) is 21.3 Å². The number of hydrogen-bond acceptors (Lipinski definition) is 5. The third-order valence-electron chi connectivity index (χ3n) is 3.95. The van der Waals surface area contributed by atoms with E-state index in [-0.39, 0.29) is 0 Å². The molecule has 0 fully saturated rings. The third-order valence-corrected chi connectivity index (χ3v) is 4.88. The lowest BCUT2D eigenvalue weighted by Crippen LogP contribution is -2.06. The number of hydrogen-bond donors (Lipinski definition) is 0.